The SMILES string of the molecule is [11CH3]Oc1cc(C=Cc2ccc(O)cc2)ccc1C=Cc1ccc(O)cc1. The predicted octanol–water partition coefficient (Wildman–Crippen LogP) is 5.45. The molecule has 0 saturated heterocycles. The topological polar surface area (TPSA) is 49.7 Å². The maximum atomic E-state index is 9.34. The van der Waals surface area contributed by atoms with Gasteiger partial charge in [-0.2, -0.15) is 0 Å². The predicted molar refractivity (Wildman–Crippen MR) is 107 cm³/mol. The van der Waals surface area contributed by atoms with Crippen LogP contribution in [0.15, 0.2) is 66.7 Å². The van der Waals surface area contributed by atoms with Gasteiger partial charge >= 0.3 is 0 Å². The van der Waals surface area contributed by atoms with Crippen molar-refractivity contribution >= 4 is 24.3 Å². The molecule has 0 aliphatic rings. The quantitative estimate of drug-likeness (QED) is 0.606. The van der Waals surface area contributed by atoms with Crippen LogP contribution in [0.3, 0.4) is 0 Å². The molecule has 0 aliphatic carbocycles. The van der Waals surface area contributed by atoms with E-state index in [-0.39, 0.29) is 11.5 Å². The van der Waals surface area contributed by atoms with Gasteiger partial charge in [-0.15, -0.1) is 0 Å². The monoisotopic (exact) mass is 343 g/mol. The lowest BCUT2D eigenvalue weighted by Gasteiger charge is -2.06. The van der Waals surface area contributed by atoms with Crippen LogP contribution in [0.2, 0.25) is 0 Å². The number of phenols is 2. The molecule has 0 radical (unpaired) electrons. The molecule has 0 saturated carbocycles. The van der Waals surface area contributed by atoms with Gasteiger partial charge in [0.25, 0.3) is 0 Å². The molecular weight excluding hydrogens is 323 g/mol. The molecule has 3 aromatic rings. The first-order chi connectivity index (χ1) is 12.6. The van der Waals surface area contributed by atoms with Gasteiger partial charge in [0.2, 0.25) is 0 Å². The Balaban J connectivity index is 1.78. The number of aromatic hydroxyl groups is 2. The zero-order valence-corrected chi connectivity index (χ0v) is 14.5. The van der Waals surface area contributed by atoms with Crippen molar-refractivity contribution in [3.63, 3.8) is 0 Å². The zero-order valence-electron chi connectivity index (χ0n) is 14.5. The Labute approximate surface area is 153 Å². The Morgan fingerprint density at radius 1 is 0.615 bits per heavy atom. The largest absolute Gasteiger partial charge is 0.508 e. The fourth-order valence-corrected chi connectivity index (χ4v) is 2.52. The molecule has 3 nitrogen and oxygen atoms in total. The lowest BCUT2D eigenvalue weighted by atomic mass is 10.1. The van der Waals surface area contributed by atoms with Crippen molar-refractivity contribution in [1.82, 2.24) is 0 Å². The fourth-order valence-electron chi connectivity index (χ4n) is 2.52. The highest BCUT2D eigenvalue weighted by Gasteiger charge is 2.01. The van der Waals surface area contributed by atoms with Gasteiger partial charge < -0.3 is 14.9 Å². The Hall–Kier alpha value is -3.46. The van der Waals surface area contributed by atoms with E-state index in [9.17, 15) is 10.2 Å². The van der Waals surface area contributed by atoms with Crippen molar-refractivity contribution < 1.29 is 14.9 Å². The second-order valence-electron chi connectivity index (χ2n) is 5.85. The number of phenolic OH excluding ortho intramolecular Hbond substituents is 2. The van der Waals surface area contributed by atoms with Crippen molar-refractivity contribution in [1.29, 1.82) is 0 Å². The highest BCUT2D eigenvalue weighted by atomic mass is 16.4. The minimum absolute atomic E-state index is 0.254. The molecule has 0 amide bonds. The zero-order chi connectivity index (χ0) is 18.4. The van der Waals surface area contributed by atoms with Crippen LogP contribution in [0, 0.1) is 0 Å². The standard InChI is InChI=1S/C23H20O3/c1-26-23-16-19(3-2-17-6-12-21(24)13-7-17)5-11-20(23)10-4-18-8-14-22(25)15-9-18/h2-16,24-25H,1H3/i1-1. The molecule has 0 unspecified atom stereocenters. The van der Waals surface area contributed by atoms with Crippen LogP contribution in [0.5, 0.6) is 17.2 Å². The van der Waals surface area contributed by atoms with E-state index in [1.807, 2.05) is 66.8 Å². The smallest absolute Gasteiger partial charge is 0.126 e. The first-order valence-electron chi connectivity index (χ1n) is 8.26. The van der Waals surface area contributed by atoms with Gasteiger partial charge in [0.05, 0.1) is 7.11 Å². The third-order valence-electron chi connectivity index (χ3n) is 3.97. The van der Waals surface area contributed by atoms with Crippen LogP contribution in [-0.2, 0) is 0 Å². The summed E-state index contributed by atoms with van der Waals surface area (Å²) in [5.74, 6) is 1.30. The van der Waals surface area contributed by atoms with Crippen molar-refractivity contribution in [3.05, 3.63) is 89.0 Å². The van der Waals surface area contributed by atoms with E-state index >= 15 is 0 Å². The summed E-state index contributed by atoms with van der Waals surface area (Å²) in [6.45, 7) is 0. The molecule has 0 bridgehead atoms. The van der Waals surface area contributed by atoms with E-state index in [1.165, 1.54) is 0 Å². The molecule has 3 aromatic carbocycles. The summed E-state index contributed by atoms with van der Waals surface area (Å²) in [6.07, 6.45) is 7.95. The van der Waals surface area contributed by atoms with E-state index in [0.717, 1.165) is 28.0 Å². The summed E-state index contributed by atoms with van der Waals surface area (Å²) in [7, 11) is 1.65. The molecule has 0 spiro atoms. The summed E-state index contributed by atoms with van der Waals surface area (Å²) < 4.78 is 5.50. The summed E-state index contributed by atoms with van der Waals surface area (Å²) in [4.78, 5) is 0. The molecule has 2 N–H and O–H groups in total. The molecule has 130 valence electrons. The average molecular weight is 343 g/mol. The number of hydrogen-bond acceptors (Lipinski definition) is 3. The van der Waals surface area contributed by atoms with Crippen LogP contribution in [0.4, 0.5) is 0 Å². The maximum absolute atomic E-state index is 9.34. The third kappa shape index (κ3) is 4.54. The molecule has 0 heterocycles. The summed E-state index contributed by atoms with van der Waals surface area (Å²) in [6, 6.07) is 20.1. The maximum Gasteiger partial charge on any atom is 0.126 e. The minimum atomic E-state index is 0.254. The van der Waals surface area contributed by atoms with Gasteiger partial charge in [0.15, 0.2) is 0 Å². The van der Waals surface area contributed by atoms with Gasteiger partial charge in [-0.3, -0.25) is 0 Å². The average Bonchev–Trinajstić information content (AvgIpc) is 2.67. The number of ether oxygens (including phenoxy) is 1. The Kier molecular flexibility index (Phi) is 5.40. The second-order valence-corrected chi connectivity index (χ2v) is 5.85. The molecule has 3 rings (SSSR count). The van der Waals surface area contributed by atoms with E-state index < -0.39 is 0 Å². The summed E-state index contributed by atoms with van der Waals surface area (Å²) in [5, 5.41) is 18.7. The highest BCUT2D eigenvalue weighted by Crippen LogP contribution is 2.24. The fraction of sp³-hybridized carbons (Fsp3) is 0.0435. The van der Waals surface area contributed by atoms with Gasteiger partial charge in [-0.1, -0.05) is 60.7 Å². The van der Waals surface area contributed by atoms with Gasteiger partial charge in [-0.25, -0.2) is 0 Å². The highest BCUT2D eigenvalue weighted by molar-refractivity contribution is 5.76. The molecule has 0 fully saturated rings. The van der Waals surface area contributed by atoms with E-state index in [0.29, 0.717) is 0 Å². The van der Waals surface area contributed by atoms with E-state index in [2.05, 4.69) is 0 Å². The molecule has 0 aromatic heterocycles. The van der Waals surface area contributed by atoms with Crippen molar-refractivity contribution in [2.75, 3.05) is 7.11 Å². The van der Waals surface area contributed by atoms with Crippen molar-refractivity contribution in [3.8, 4) is 17.2 Å². The first kappa shape index (κ1) is 17.4. The van der Waals surface area contributed by atoms with Crippen molar-refractivity contribution in [2.45, 2.75) is 0 Å². The minimum Gasteiger partial charge on any atom is -0.508 e. The third-order valence-corrected chi connectivity index (χ3v) is 3.97. The number of methoxy groups -OCH3 is 1. The van der Waals surface area contributed by atoms with Gasteiger partial charge in [-0.05, 0) is 47.0 Å². The number of benzene rings is 3. The van der Waals surface area contributed by atoms with Gasteiger partial charge in [0.1, 0.15) is 17.2 Å². The van der Waals surface area contributed by atoms with Crippen LogP contribution in [-0.4, -0.2) is 17.3 Å². The lowest BCUT2D eigenvalue weighted by Crippen LogP contribution is -1.87. The van der Waals surface area contributed by atoms with Crippen molar-refractivity contribution in [2.24, 2.45) is 0 Å². The lowest BCUT2D eigenvalue weighted by molar-refractivity contribution is 0.414. The van der Waals surface area contributed by atoms with Crippen LogP contribution in [0.25, 0.3) is 24.3 Å². The van der Waals surface area contributed by atoms with Gasteiger partial charge in [0, 0.05) is 5.56 Å². The van der Waals surface area contributed by atoms with Crippen LogP contribution in [0.1, 0.15) is 22.3 Å². The molecule has 3 heteroatoms. The van der Waals surface area contributed by atoms with E-state index in [4.69, 9.17) is 4.74 Å². The Bertz CT molecular complexity index is 921. The Morgan fingerprint density at radius 3 is 1.62 bits per heavy atom. The van der Waals surface area contributed by atoms with Crippen LogP contribution < -0.4 is 4.74 Å². The molecule has 26 heavy (non-hydrogen) atoms. The number of rotatable bonds is 5. The Morgan fingerprint density at radius 2 is 1.08 bits per heavy atom. The molecular formula is C23H20O3. The second kappa shape index (κ2) is 8.08. The summed E-state index contributed by atoms with van der Waals surface area (Å²) >= 11 is 0. The molecule has 0 atom stereocenters. The summed E-state index contributed by atoms with van der Waals surface area (Å²) in [5.41, 5.74) is 4.01. The van der Waals surface area contributed by atoms with Crippen LogP contribution >= 0.6 is 0 Å². The number of hydrogen-bond donors (Lipinski definition) is 2. The first-order valence-corrected chi connectivity index (χ1v) is 8.26. The normalized spacial score (nSPS) is 11.3. The molecule has 0 aliphatic heterocycles. The van der Waals surface area contributed by atoms with E-state index in [1.54, 1.807) is 31.4 Å².